The van der Waals surface area contributed by atoms with Crippen LogP contribution >= 0.6 is 0 Å². The van der Waals surface area contributed by atoms with Gasteiger partial charge in [0.2, 0.25) is 0 Å². The van der Waals surface area contributed by atoms with E-state index in [-0.39, 0.29) is 49.8 Å². The van der Waals surface area contributed by atoms with Crippen molar-refractivity contribution in [3.8, 4) is 0 Å². The zero-order valence-corrected chi connectivity index (χ0v) is 32.3. The van der Waals surface area contributed by atoms with Crippen molar-refractivity contribution in [3.05, 3.63) is 0 Å². The van der Waals surface area contributed by atoms with Gasteiger partial charge in [-0.25, -0.2) is 0 Å². The molecule has 0 aromatic rings. The molecule has 0 spiro atoms. The molecule has 41 heavy (non-hydrogen) atoms. The molecule has 0 rings (SSSR count). The third kappa shape index (κ3) is 15.5. The summed E-state index contributed by atoms with van der Waals surface area (Å²) in [5.74, 6) is 0. The molecular formula is C28H64O10Si2Ti. The minimum atomic E-state index is -4.88. The maximum absolute atomic E-state index is 6.91. The van der Waals surface area contributed by atoms with Gasteiger partial charge in [-0.3, -0.25) is 0 Å². The van der Waals surface area contributed by atoms with E-state index in [9.17, 15) is 0 Å². The predicted octanol–water partition coefficient (Wildman–Crippen LogP) is 7.67. The standard InChI is InChI=1S/2C12H27O4Si.2C2H5O.Ti/c2*1-7-10(4)14-17(13,15-11(5)8-2)16-12(6)9-3;2*1-2-3;/h2*10-12H,7-9H2,1-6H3;2*2H2,1H3;/q4*-1;+4. The summed E-state index contributed by atoms with van der Waals surface area (Å²) in [5, 5.41) is 0. The Morgan fingerprint density at radius 2 is 0.585 bits per heavy atom. The third-order valence-corrected chi connectivity index (χ3v) is 18.5. The van der Waals surface area contributed by atoms with Gasteiger partial charge < -0.3 is 0 Å². The van der Waals surface area contributed by atoms with Crippen LogP contribution in [0.3, 0.4) is 0 Å². The molecule has 0 aliphatic carbocycles. The van der Waals surface area contributed by atoms with Gasteiger partial charge >= 0.3 is 261 Å². The van der Waals surface area contributed by atoms with Gasteiger partial charge in [-0.2, -0.15) is 0 Å². The Labute approximate surface area is 259 Å². The van der Waals surface area contributed by atoms with Crippen LogP contribution in [0.25, 0.3) is 0 Å². The van der Waals surface area contributed by atoms with Crippen LogP contribution in [0.15, 0.2) is 0 Å². The molecule has 6 unspecified atom stereocenters. The summed E-state index contributed by atoms with van der Waals surface area (Å²) in [6, 6.07) is 0. The molecule has 0 heterocycles. The zero-order valence-electron chi connectivity index (χ0n) is 28.7. The summed E-state index contributed by atoms with van der Waals surface area (Å²) in [6.07, 6.45) is 3.19. The Bertz CT molecular complexity index is 549. The van der Waals surface area contributed by atoms with Gasteiger partial charge in [0.15, 0.2) is 0 Å². The van der Waals surface area contributed by atoms with E-state index in [0.717, 1.165) is 38.5 Å². The van der Waals surface area contributed by atoms with E-state index in [0.29, 0.717) is 0 Å². The Morgan fingerprint density at radius 3 is 0.732 bits per heavy atom. The second-order valence-electron chi connectivity index (χ2n) is 10.6. The van der Waals surface area contributed by atoms with Crippen LogP contribution in [0.4, 0.5) is 0 Å². The summed E-state index contributed by atoms with van der Waals surface area (Å²) in [6.45, 7) is 28.4. The van der Waals surface area contributed by atoms with Gasteiger partial charge in [0, 0.05) is 0 Å². The van der Waals surface area contributed by atoms with Gasteiger partial charge in [0.05, 0.1) is 0 Å². The Hall–Kier alpha value is 0.748. The topological polar surface area (TPSA) is 92.3 Å². The van der Waals surface area contributed by atoms with Gasteiger partial charge in [-0.15, -0.1) is 0 Å². The molecule has 0 aromatic carbocycles. The van der Waals surface area contributed by atoms with Crippen LogP contribution in [-0.4, -0.2) is 67.9 Å². The van der Waals surface area contributed by atoms with Crippen LogP contribution < -0.4 is 0 Å². The number of hydrogen-bond acceptors (Lipinski definition) is 10. The fourth-order valence-corrected chi connectivity index (χ4v) is 15.9. The summed E-state index contributed by atoms with van der Waals surface area (Å²) in [7, 11) is -7.88. The molecule has 248 valence electrons. The van der Waals surface area contributed by atoms with Gasteiger partial charge in [-0.1, -0.05) is 0 Å². The second-order valence-corrected chi connectivity index (χ2v) is 18.8. The van der Waals surface area contributed by atoms with E-state index in [1.165, 1.54) is 0 Å². The van der Waals surface area contributed by atoms with E-state index in [2.05, 4.69) is 0 Å². The van der Waals surface area contributed by atoms with Crippen molar-refractivity contribution in [2.45, 2.75) is 172 Å². The molecule has 0 aliphatic rings. The average molecular weight is 665 g/mol. The van der Waals surface area contributed by atoms with E-state index in [4.69, 9.17) is 39.2 Å². The van der Waals surface area contributed by atoms with Crippen molar-refractivity contribution in [1.29, 1.82) is 0 Å². The summed E-state index contributed by atoms with van der Waals surface area (Å²) >= 11 is -4.88. The number of rotatable bonds is 26. The van der Waals surface area contributed by atoms with Crippen molar-refractivity contribution in [1.82, 2.24) is 0 Å². The van der Waals surface area contributed by atoms with Crippen LogP contribution in [0, 0.1) is 0 Å². The molecule has 13 heteroatoms. The van der Waals surface area contributed by atoms with E-state index >= 15 is 0 Å². The first kappa shape index (κ1) is 41.7. The van der Waals surface area contributed by atoms with E-state index in [1.54, 1.807) is 0 Å². The predicted molar refractivity (Wildman–Crippen MR) is 162 cm³/mol. The fraction of sp³-hybridized carbons (Fsp3) is 1.00. The molecule has 0 radical (unpaired) electrons. The van der Waals surface area contributed by atoms with Crippen molar-refractivity contribution in [2.75, 3.05) is 13.2 Å². The van der Waals surface area contributed by atoms with Crippen molar-refractivity contribution < 1.29 is 57.3 Å². The molecule has 0 aromatic heterocycles. The fourth-order valence-electron chi connectivity index (χ4n) is 3.13. The second kappa shape index (κ2) is 21.5. The SMILES string of the molecule is CC[O][Ti]([O]CC)([O][Si](OC(C)CC)(OC(C)CC)OC(C)CC)[O][Si](OC(C)CC)(OC(C)CC)OC(C)CC. The van der Waals surface area contributed by atoms with Crippen LogP contribution in [0.2, 0.25) is 0 Å². The first-order valence-corrected chi connectivity index (χ1v) is 21.8. The Morgan fingerprint density at radius 1 is 0.390 bits per heavy atom. The first-order chi connectivity index (χ1) is 19.3. The normalized spacial score (nSPS) is 20.0. The van der Waals surface area contributed by atoms with E-state index in [1.807, 2.05) is 96.9 Å². The van der Waals surface area contributed by atoms with Crippen LogP contribution in [-0.2, 0) is 57.3 Å². The third-order valence-electron chi connectivity index (χ3n) is 6.66. The molecule has 0 fully saturated rings. The first-order valence-electron chi connectivity index (χ1n) is 16.0. The van der Waals surface area contributed by atoms with Crippen LogP contribution in [0.1, 0.15) is 135 Å². The van der Waals surface area contributed by atoms with Gasteiger partial charge in [0.25, 0.3) is 0 Å². The van der Waals surface area contributed by atoms with Crippen LogP contribution in [0.5, 0.6) is 0 Å². The number of hydrogen-bond donors (Lipinski definition) is 0. The quantitative estimate of drug-likeness (QED) is 0.0858. The van der Waals surface area contributed by atoms with Gasteiger partial charge in [0.1, 0.15) is 0 Å². The molecule has 0 N–H and O–H groups in total. The molecule has 0 saturated carbocycles. The van der Waals surface area contributed by atoms with Gasteiger partial charge in [-0.05, 0) is 0 Å². The Kier molecular flexibility index (Phi) is 21.9. The van der Waals surface area contributed by atoms with E-state index < -0.39 is 36.2 Å². The summed E-state index contributed by atoms with van der Waals surface area (Å²) in [4.78, 5) is 0. The monoisotopic (exact) mass is 664 g/mol. The molecule has 0 amide bonds. The average Bonchev–Trinajstić information content (AvgIpc) is 2.92. The molecule has 0 saturated heterocycles. The maximum atomic E-state index is 6.91. The van der Waals surface area contributed by atoms with Crippen molar-refractivity contribution >= 4 is 18.1 Å². The molecule has 0 bridgehead atoms. The molecular weight excluding hydrogens is 600 g/mol. The Balaban J connectivity index is 7.24. The van der Waals surface area contributed by atoms with Crippen molar-refractivity contribution in [2.24, 2.45) is 0 Å². The zero-order chi connectivity index (χ0) is 31.7. The molecule has 6 atom stereocenters. The molecule has 0 aliphatic heterocycles. The minimum absolute atomic E-state index is 0.204. The summed E-state index contributed by atoms with van der Waals surface area (Å²) in [5.41, 5.74) is 0. The molecule has 10 nitrogen and oxygen atoms in total. The summed E-state index contributed by atoms with van der Waals surface area (Å²) < 4.78 is 66.0. The van der Waals surface area contributed by atoms with Crippen molar-refractivity contribution in [3.63, 3.8) is 0 Å².